The summed E-state index contributed by atoms with van der Waals surface area (Å²) in [6, 6.07) is 5.57. The summed E-state index contributed by atoms with van der Waals surface area (Å²) in [5.74, 6) is 0.740. The van der Waals surface area contributed by atoms with Crippen molar-refractivity contribution < 1.29 is 9.59 Å². The van der Waals surface area contributed by atoms with Crippen LogP contribution in [0, 0.1) is 5.92 Å². The van der Waals surface area contributed by atoms with Gasteiger partial charge in [-0.05, 0) is 62.0 Å². The van der Waals surface area contributed by atoms with Gasteiger partial charge in [0.2, 0.25) is 11.8 Å². The standard InChI is InChI=1S/C16H21N3O2/c20-15(4-1-11-5-7-17-8-6-11)18-13-2-3-14-12(9-13)10-16(21)19-14/h2-3,9,11,17H,1,4-8,10H2,(H,18,20)(H,19,21). The highest BCUT2D eigenvalue weighted by atomic mass is 16.2. The fourth-order valence-corrected chi connectivity index (χ4v) is 3.04. The Balaban J connectivity index is 1.50. The Labute approximate surface area is 124 Å². The quantitative estimate of drug-likeness (QED) is 0.792. The van der Waals surface area contributed by atoms with Gasteiger partial charge in [-0.3, -0.25) is 9.59 Å². The molecule has 1 aromatic carbocycles. The van der Waals surface area contributed by atoms with Crippen molar-refractivity contribution in [2.24, 2.45) is 5.92 Å². The van der Waals surface area contributed by atoms with Crippen LogP contribution < -0.4 is 16.0 Å². The van der Waals surface area contributed by atoms with Gasteiger partial charge in [-0.1, -0.05) is 0 Å². The summed E-state index contributed by atoms with van der Waals surface area (Å²) in [7, 11) is 0. The van der Waals surface area contributed by atoms with Crippen LogP contribution in [0.2, 0.25) is 0 Å². The number of amides is 2. The highest BCUT2D eigenvalue weighted by molar-refractivity contribution is 6.00. The molecule has 0 bridgehead atoms. The molecule has 0 saturated carbocycles. The molecule has 0 unspecified atom stereocenters. The van der Waals surface area contributed by atoms with Gasteiger partial charge in [0, 0.05) is 17.8 Å². The third-order valence-electron chi connectivity index (χ3n) is 4.25. The van der Waals surface area contributed by atoms with E-state index in [4.69, 9.17) is 0 Å². The van der Waals surface area contributed by atoms with Crippen LogP contribution in [0.3, 0.4) is 0 Å². The molecule has 2 heterocycles. The minimum Gasteiger partial charge on any atom is -0.326 e. The number of benzene rings is 1. The zero-order valence-corrected chi connectivity index (χ0v) is 12.1. The van der Waals surface area contributed by atoms with Gasteiger partial charge in [0.1, 0.15) is 0 Å². The summed E-state index contributed by atoms with van der Waals surface area (Å²) >= 11 is 0. The molecular weight excluding hydrogens is 266 g/mol. The van der Waals surface area contributed by atoms with E-state index in [9.17, 15) is 9.59 Å². The average molecular weight is 287 g/mol. The lowest BCUT2D eigenvalue weighted by Gasteiger charge is -2.22. The van der Waals surface area contributed by atoms with Crippen molar-refractivity contribution in [2.75, 3.05) is 23.7 Å². The molecule has 1 aromatic rings. The van der Waals surface area contributed by atoms with Crippen LogP contribution in [-0.2, 0) is 16.0 Å². The predicted octanol–water partition coefficient (Wildman–Crippen LogP) is 1.90. The first-order valence-electron chi connectivity index (χ1n) is 7.64. The van der Waals surface area contributed by atoms with Crippen LogP contribution in [0.25, 0.3) is 0 Å². The molecular formula is C16H21N3O2. The Morgan fingerprint density at radius 3 is 2.90 bits per heavy atom. The Hall–Kier alpha value is -1.88. The Morgan fingerprint density at radius 2 is 2.10 bits per heavy atom. The van der Waals surface area contributed by atoms with Crippen LogP contribution >= 0.6 is 0 Å². The molecule has 2 aliphatic rings. The minimum atomic E-state index is 0.0133. The van der Waals surface area contributed by atoms with Crippen LogP contribution in [0.5, 0.6) is 0 Å². The van der Waals surface area contributed by atoms with Gasteiger partial charge in [0.15, 0.2) is 0 Å². The summed E-state index contributed by atoms with van der Waals surface area (Å²) < 4.78 is 0. The van der Waals surface area contributed by atoms with Crippen molar-refractivity contribution in [1.29, 1.82) is 0 Å². The lowest BCUT2D eigenvalue weighted by atomic mass is 9.93. The normalized spacial score (nSPS) is 18.2. The van der Waals surface area contributed by atoms with Gasteiger partial charge in [0.05, 0.1) is 6.42 Å². The lowest BCUT2D eigenvalue weighted by Crippen LogP contribution is -2.28. The van der Waals surface area contributed by atoms with Gasteiger partial charge in [0.25, 0.3) is 0 Å². The van der Waals surface area contributed by atoms with E-state index >= 15 is 0 Å². The van der Waals surface area contributed by atoms with Crippen LogP contribution in [0.4, 0.5) is 11.4 Å². The van der Waals surface area contributed by atoms with E-state index in [0.717, 1.165) is 36.4 Å². The Morgan fingerprint density at radius 1 is 1.29 bits per heavy atom. The number of rotatable bonds is 4. The van der Waals surface area contributed by atoms with Gasteiger partial charge >= 0.3 is 0 Å². The number of carbonyl (C=O) groups excluding carboxylic acids is 2. The minimum absolute atomic E-state index is 0.0133. The zero-order valence-electron chi connectivity index (χ0n) is 12.1. The number of nitrogens with one attached hydrogen (secondary N) is 3. The van der Waals surface area contributed by atoms with E-state index in [1.165, 1.54) is 12.8 Å². The van der Waals surface area contributed by atoms with Crippen molar-refractivity contribution in [1.82, 2.24) is 5.32 Å². The van der Waals surface area contributed by atoms with Crippen LogP contribution in [0.1, 0.15) is 31.2 Å². The summed E-state index contributed by atoms with van der Waals surface area (Å²) in [6.07, 6.45) is 4.26. The molecule has 0 aromatic heterocycles. The average Bonchev–Trinajstić information content (AvgIpc) is 2.85. The molecule has 1 fully saturated rings. The molecule has 21 heavy (non-hydrogen) atoms. The number of anilines is 2. The topological polar surface area (TPSA) is 70.2 Å². The number of hydrogen-bond donors (Lipinski definition) is 3. The van der Waals surface area contributed by atoms with Crippen molar-refractivity contribution in [3.63, 3.8) is 0 Å². The molecule has 5 heteroatoms. The van der Waals surface area contributed by atoms with E-state index in [2.05, 4.69) is 16.0 Å². The molecule has 0 spiro atoms. The number of carbonyl (C=O) groups is 2. The van der Waals surface area contributed by atoms with E-state index in [-0.39, 0.29) is 11.8 Å². The summed E-state index contributed by atoms with van der Waals surface area (Å²) in [5.41, 5.74) is 2.59. The first-order valence-corrected chi connectivity index (χ1v) is 7.64. The van der Waals surface area contributed by atoms with Crippen LogP contribution in [0.15, 0.2) is 18.2 Å². The fourth-order valence-electron chi connectivity index (χ4n) is 3.04. The first-order chi connectivity index (χ1) is 10.2. The molecule has 5 nitrogen and oxygen atoms in total. The second kappa shape index (κ2) is 6.26. The highest BCUT2D eigenvalue weighted by Crippen LogP contribution is 2.26. The van der Waals surface area contributed by atoms with Crippen molar-refractivity contribution >= 4 is 23.2 Å². The molecule has 2 aliphatic heterocycles. The molecule has 0 aliphatic carbocycles. The van der Waals surface area contributed by atoms with E-state index in [1.807, 2.05) is 18.2 Å². The van der Waals surface area contributed by atoms with Gasteiger partial charge < -0.3 is 16.0 Å². The van der Waals surface area contributed by atoms with E-state index in [0.29, 0.717) is 18.8 Å². The molecule has 3 rings (SSSR count). The van der Waals surface area contributed by atoms with Crippen molar-refractivity contribution in [3.8, 4) is 0 Å². The Kier molecular flexibility index (Phi) is 4.20. The smallest absolute Gasteiger partial charge is 0.228 e. The van der Waals surface area contributed by atoms with Gasteiger partial charge in [-0.15, -0.1) is 0 Å². The number of fused-ring (bicyclic) bond motifs is 1. The molecule has 1 saturated heterocycles. The third-order valence-corrected chi connectivity index (χ3v) is 4.25. The summed E-state index contributed by atoms with van der Waals surface area (Å²) in [4.78, 5) is 23.3. The zero-order chi connectivity index (χ0) is 14.7. The maximum atomic E-state index is 12.0. The monoisotopic (exact) mass is 287 g/mol. The van der Waals surface area contributed by atoms with Gasteiger partial charge in [-0.25, -0.2) is 0 Å². The molecule has 3 N–H and O–H groups in total. The molecule has 0 atom stereocenters. The molecule has 0 radical (unpaired) electrons. The Bertz CT molecular complexity index is 550. The molecule has 112 valence electrons. The molecule has 2 amide bonds. The maximum Gasteiger partial charge on any atom is 0.228 e. The second-order valence-corrected chi connectivity index (χ2v) is 5.88. The van der Waals surface area contributed by atoms with E-state index < -0.39 is 0 Å². The largest absolute Gasteiger partial charge is 0.326 e. The summed E-state index contributed by atoms with van der Waals surface area (Å²) in [6.45, 7) is 2.14. The highest BCUT2D eigenvalue weighted by Gasteiger charge is 2.18. The number of hydrogen-bond acceptors (Lipinski definition) is 3. The number of piperidine rings is 1. The lowest BCUT2D eigenvalue weighted by molar-refractivity contribution is -0.116. The maximum absolute atomic E-state index is 12.0. The predicted molar refractivity (Wildman–Crippen MR) is 82.2 cm³/mol. The van der Waals surface area contributed by atoms with Crippen molar-refractivity contribution in [3.05, 3.63) is 23.8 Å². The van der Waals surface area contributed by atoms with E-state index in [1.54, 1.807) is 0 Å². The van der Waals surface area contributed by atoms with Gasteiger partial charge in [-0.2, -0.15) is 0 Å². The first kappa shape index (κ1) is 14.1. The fraction of sp³-hybridized carbons (Fsp3) is 0.500. The second-order valence-electron chi connectivity index (χ2n) is 5.88. The van der Waals surface area contributed by atoms with Crippen molar-refractivity contribution in [2.45, 2.75) is 32.1 Å². The SMILES string of the molecule is O=C(CCC1CCNCC1)Nc1ccc2c(c1)CC(=O)N2. The third kappa shape index (κ3) is 3.61. The van der Waals surface area contributed by atoms with Crippen LogP contribution in [-0.4, -0.2) is 24.9 Å². The summed E-state index contributed by atoms with van der Waals surface area (Å²) in [5, 5.41) is 9.06.